The van der Waals surface area contributed by atoms with Crippen LogP contribution in [0.3, 0.4) is 0 Å². The van der Waals surface area contributed by atoms with Gasteiger partial charge in [-0.2, -0.15) is 0 Å². The lowest BCUT2D eigenvalue weighted by molar-refractivity contribution is -0.121. The molecule has 6 nitrogen and oxygen atoms in total. The molecule has 182 valence electrons. The Bertz CT molecular complexity index is 931. The van der Waals surface area contributed by atoms with E-state index in [0.717, 1.165) is 24.8 Å². The maximum atomic E-state index is 12.4. The van der Waals surface area contributed by atoms with E-state index in [1.165, 1.54) is 17.0 Å². The molecule has 0 radical (unpaired) electrons. The first kappa shape index (κ1) is 26.7. The summed E-state index contributed by atoms with van der Waals surface area (Å²) >= 11 is 0. The first-order chi connectivity index (χ1) is 15.8. The Balaban J connectivity index is 1.86. The second-order valence-electron chi connectivity index (χ2n) is 8.43. The van der Waals surface area contributed by atoms with Gasteiger partial charge in [-0.05, 0) is 48.6 Å². The van der Waals surface area contributed by atoms with Gasteiger partial charge in [0.15, 0.2) is 0 Å². The fourth-order valence-corrected chi connectivity index (χ4v) is 4.57. The Hall–Kier alpha value is -2.54. The summed E-state index contributed by atoms with van der Waals surface area (Å²) in [5.41, 5.74) is 1.63. The number of hydrogen-bond acceptors (Lipinski definition) is 4. The molecule has 0 saturated heterocycles. The van der Waals surface area contributed by atoms with Crippen molar-refractivity contribution >= 4 is 21.6 Å². The van der Waals surface area contributed by atoms with E-state index in [0.29, 0.717) is 43.3 Å². The van der Waals surface area contributed by atoms with Gasteiger partial charge < -0.3 is 10.1 Å². The van der Waals surface area contributed by atoms with Gasteiger partial charge in [0.1, 0.15) is 12.4 Å². The zero-order chi connectivity index (χ0) is 24.1. The average molecular weight is 475 g/mol. The molecular weight excluding hydrogens is 436 g/mol. The molecule has 0 unspecified atom stereocenters. The van der Waals surface area contributed by atoms with Gasteiger partial charge in [-0.25, -0.2) is 8.42 Å². The summed E-state index contributed by atoms with van der Waals surface area (Å²) in [5.74, 6) is 1.15. The monoisotopic (exact) mass is 474 g/mol. The third-order valence-electron chi connectivity index (χ3n) is 5.67. The smallest absolute Gasteiger partial charge is 0.232 e. The van der Waals surface area contributed by atoms with Crippen LogP contribution in [0.25, 0.3) is 0 Å². The van der Waals surface area contributed by atoms with Crippen LogP contribution in [0.2, 0.25) is 0 Å². The number of rotatable bonds is 15. The van der Waals surface area contributed by atoms with Crippen molar-refractivity contribution in [3.63, 3.8) is 0 Å². The third-order valence-corrected chi connectivity index (χ3v) is 6.86. The first-order valence-electron chi connectivity index (χ1n) is 11.8. The van der Waals surface area contributed by atoms with Gasteiger partial charge in [0.25, 0.3) is 0 Å². The molecular formula is C26H38N2O4S. The Kier molecular flexibility index (Phi) is 11.2. The number of anilines is 1. The van der Waals surface area contributed by atoms with Crippen molar-refractivity contribution in [1.82, 2.24) is 5.32 Å². The van der Waals surface area contributed by atoms with E-state index < -0.39 is 10.0 Å². The van der Waals surface area contributed by atoms with Gasteiger partial charge in [0, 0.05) is 19.5 Å². The van der Waals surface area contributed by atoms with Crippen LogP contribution in [0.4, 0.5) is 5.69 Å². The largest absolute Gasteiger partial charge is 0.489 e. The molecule has 2 rings (SSSR count). The highest BCUT2D eigenvalue weighted by Gasteiger charge is 2.18. The Morgan fingerprint density at radius 1 is 1.03 bits per heavy atom. The van der Waals surface area contributed by atoms with Crippen LogP contribution in [-0.2, 0) is 21.4 Å². The second kappa shape index (κ2) is 13.9. The fraction of sp³-hybridized carbons (Fsp3) is 0.500. The van der Waals surface area contributed by atoms with Gasteiger partial charge in [-0.15, -0.1) is 0 Å². The summed E-state index contributed by atoms with van der Waals surface area (Å²) in [6.07, 6.45) is 6.45. The number of unbranched alkanes of at least 4 members (excludes halogenated alkanes) is 1. The number of sulfonamides is 1. The molecule has 1 N–H and O–H groups in total. The topological polar surface area (TPSA) is 75.7 Å². The molecule has 2 aromatic carbocycles. The maximum absolute atomic E-state index is 12.4. The van der Waals surface area contributed by atoms with E-state index in [1.807, 2.05) is 30.3 Å². The molecule has 1 amide bonds. The van der Waals surface area contributed by atoms with Crippen LogP contribution >= 0.6 is 0 Å². The zero-order valence-electron chi connectivity index (χ0n) is 20.1. The van der Waals surface area contributed by atoms with Crippen molar-refractivity contribution in [1.29, 1.82) is 0 Å². The molecule has 33 heavy (non-hydrogen) atoms. The van der Waals surface area contributed by atoms with Gasteiger partial charge in [-0.3, -0.25) is 9.10 Å². The summed E-state index contributed by atoms with van der Waals surface area (Å²) in [6, 6.07) is 16.9. The zero-order valence-corrected chi connectivity index (χ0v) is 20.9. The Morgan fingerprint density at radius 3 is 2.33 bits per heavy atom. The minimum absolute atomic E-state index is 0.0249. The number of hydrogen-bond donors (Lipinski definition) is 1. The van der Waals surface area contributed by atoms with Crippen molar-refractivity contribution in [2.24, 2.45) is 5.92 Å². The predicted octanol–water partition coefficient (Wildman–Crippen LogP) is 5.14. The third kappa shape index (κ3) is 9.86. The number of nitrogens with zero attached hydrogens (tertiary/aromatic N) is 1. The van der Waals surface area contributed by atoms with E-state index in [9.17, 15) is 13.2 Å². The molecule has 0 saturated carbocycles. The summed E-state index contributed by atoms with van der Waals surface area (Å²) in [6.45, 7) is 5.71. The highest BCUT2D eigenvalue weighted by atomic mass is 32.2. The summed E-state index contributed by atoms with van der Waals surface area (Å²) in [4.78, 5) is 12.2. The number of carbonyl (C=O) groups is 1. The highest BCUT2D eigenvalue weighted by molar-refractivity contribution is 7.92. The number of ether oxygens (including phenoxy) is 1. The minimum Gasteiger partial charge on any atom is -0.489 e. The lowest BCUT2D eigenvalue weighted by atomic mass is 9.99. The molecule has 1 atom stereocenters. The van der Waals surface area contributed by atoms with Gasteiger partial charge in [0.05, 0.1) is 11.9 Å². The molecule has 2 aromatic rings. The lowest BCUT2D eigenvalue weighted by Gasteiger charge is -2.22. The van der Waals surface area contributed by atoms with Crippen molar-refractivity contribution in [3.05, 3.63) is 60.2 Å². The average Bonchev–Trinajstić information content (AvgIpc) is 2.81. The molecule has 0 aliphatic rings. The number of carbonyl (C=O) groups excluding carboxylic acids is 1. The predicted molar refractivity (Wildman–Crippen MR) is 135 cm³/mol. The second-order valence-corrected chi connectivity index (χ2v) is 10.3. The Morgan fingerprint density at radius 2 is 1.73 bits per heavy atom. The molecule has 0 heterocycles. The molecule has 0 aliphatic carbocycles. The quantitative estimate of drug-likeness (QED) is 0.388. The number of nitrogens with one attached hydrogen (secondary N) is 1. The Labute approximate surface area is 199 Å². The van der Waals surface area contributed by atoms with Gasteiger partial charge in [-0.1, -0.05) is 63.4 Å². The SMILES string of the molecule is CCCC[C@@H](CC)CNC(=O)CCCN(c1ccc(OCc2ccccc2)cc1)S(C)(=O)=O. The van der Waals surface area contributed by atoms with Crippen molar-refractivity contribution < 1.29 is 17.9 Å². The first-order valence-corrected chi connectivity index (χ1v) is 13.7. The van der Waals surface area contributed by atoms with E-state index in [-0.39, 0.29) is 12.5 Å². The van der Waals surface area contributed by atoms with E-state index >= 15 is 0 Å². The van der Waals surface area contributed by atoms with E-state index in [4.69, 9.17) is 4.74 Å². The fourth-order valence-electron chi connectivity index (χ4n) is 3.61. The van der Waals surface area contributed by atoms with Crippen LogP contribution in [0.1, 0.15) is 57.9 Å². The van der Waals surface area contributed by atoms with Crippen LogP contribution in [0.15, 0.2) is 54.6 Å². The summed E-state index contributed by atoms with van der Waals surface area (Å²) in [5, 5.41) is 3.01. The lowest BCUT2D eigenvalue weighted by Crippen LogP contribution is -2.33. The normalized spacial score (nSPS) is 12.2. The van der Waals surface area contributed by atoms with Crippen molar-refractivity contribution in [2.45, 2.75) is 59.0 Å². The van der Waals surface area contributed by atoms with Crippen molar-refractivity contribution in [3.8, 4) is 5.75 Å². The van der Waals surface area contributed by atoms with Crippen LogP contribution in [0.5, 0.6) is 5.75 Å². The summed E-state index contributed by atoms with van der Waals surface area (Å²) < 4.78 is 31.8. The van der Waals surface area contributed by atoms with Crippen molar-refractivity contribution in [2.75, 3.05) is 23.7 Å². The molecule has 0 aliphatic heterocycles. The van der Waals surface area contributed by atoms with Crippen LogP contribution in [-0.4, -0.2) is 33.7 Å². The van der Waals surface area contributed by atoms with Crippen LogP contribution < -0.4 is 14.4 Å². The number of benzene rings is 2. The maximum Gasteiger partial charge on any atom is 0.232 e. The molecule has 0 bridgehead atoms. The molecule has 0 spiro atoms. The summed E-state index contributed by atoms with van der Waals surface area (Å²) in [7, 11) is -3.46. The molecule has 0 fully saturated rings. The van der Waals surface area contributed by atoms with Gasteiger partial charge in [0.2, 0.25) is 15.9 Å². The van der Waals surface area contributed by atoms with Gasteiger partial charge >= 0.3 is 0 Å². The molecule has 0 aromatic heterocycles. The van der Waals surface area contributed by atoms with Crippen LogP contribution in [0, 0.1) is 5.92 Å². The van der Waals surface area contributed by atoms with E-state index in [2.05, 4.69) is 19.2 Å². The highest BCUT2D eigenvalue weighted by Crippen LogP contribution is 2.23. The minimum atomic E-state index is -3.46. The standard InChI is InChI=1S/C26H38N2O4S/c1-4-6-11-22(5-2)20-27-26(29)14-10-19-28(33(3,30)31)24-15-17-25(18-16-24)32-21-23-12-8-7-9-13-23/h7-9,12-13,15-18,22H,4-6,10-11,14,19-21H2,1-3H3,(H,27,29)/t22-/m1/s1. The number of amides is 1. The molecule has 7 heteroatoms. The van der Waals surface area contributed by atoms with E-state index in [1.54, 1.807) is 24.3 Å².